The summed E-state index contributed by atoms with van der Waals surface area (Å²) in [5.41, 5.74) is 1.48. The minimum atomic E-state index is 0.111. The lowest BCUT2D eigenvalue weighted by molar-refractivity contribution is 0.0636. The summed E-state index contributed by atoms with van der Waals surface area (Å²) in [6.07, 6.45) is 5.98. The molecule has 2 fully saturated rings. The number of rotatable bonds is 4. The summed E-state index contributed by atoms with van der Waals surface area (Å²) in [7, 11) is 0. The number of nitrogens with zero attached hydrogens (tertiary/aromatic N) is 7. The molecule has 3 aromatic rings. The second kappa shape index (κ2) is 8.63. The van der Waals surface area contributed by atoms with Crippen LogP contribution in [0.4, 0.5) is 5.82 Å². The van der Waals surface area contributed by atoms with E-state index < -0.39 is 0 Å². The van der Waals surface area contributed by atoms with Gasteiger partial charge in [0.15, 0.2) is 5.65 Å². The molecule has 3 aromatic heterocycles. The van der Waals surface area contributed by atoms with E-state index in [0.29, 0.717) is 11.5 Å². The number of anilines is 1. The monoisotopic (exact) mass is 419 g/mol. The van der Waals surface area contributed by atoms with Crippen molar-refractivity contribution in [2.75, 3.05) is 50.7 Å². The SMILES string of the molecule is Cc1nnc2ccc(C(=O)N3CCC[C@H](CN4CCN(c5ccccn5)CC4)C3)cn12. The lowest BCUT2D eigenvalue weighted by Gasteiger charge is -2.39. The summed E-state index contributed by atoms with van der Waals surface area (Å²) in [4.78, 5) is 24.6. The van der Waals surface area contributed by atoms with Crippen molar-refractivity contribution in [3.8, 4) is 0 Å². The topological polar surface area (TPSA) is 69.9 Å². The number of hydrogen-bond donors (Lipinski definition) is 0. The second-order valence-electron chi connectivity index (χ2n) is 8.63. The molecule has 1 atom stereocenters. The molecule has 0 bridgehead atoms. The van der Waals surface area contributed by atoms with Crippen molar-refractivity contribution in [1.29, 1.82) is 0 Å². The molecule has 8 nitrogen and oxygen atoms in total. The number of aromatic nitrogens is 4. The Morgan fingerprint density at radius 3 is 2.74 bits per heavy atom. The second-order valence-corrected chi connectivity index (χ2v) is 8.63. The van der Waals surface area contributed by atoms with Crippen molar-refractivity contribution in [1.82, 2.24) is 29.4 Å². The fourth-order valence-corrected chi connectivity index (χ4v) is 4.78. The Hall–Kier alpha value is -3.00. The Bertz CT molecular complexity index is 1040. The van der Waals surface area contributed by atoms with E-state index in [1.807, 2.05) is 52.9 Å². The van der Waals surface area contributed by atoms with Crippen LogP contribution in [0.3, 0.4) is 0 Å². The summed E-state index contributed by atoms with van der Waals surface area (Å²) in [6.45, 7) is 8.73. The number of piperazine rings is 1. The van der Waals surface area contributed by atoms with E-state index in [-0.39, 0.29) is 5.91 Å². The van der Waals surface area contributed by atoms with Crippen molar-refractivity contribution in [2.45, 2.75) is 19.8 Å². The fraction of sp³-hybridized carbons (Fsp3) is 0.478. The van der Waals surface area contributed by atoms with Crippen molar-refractivity contribution >= 4 is 17.4 Å². The zero-order chi connectivity index (χ0) is 21.2. The molecule has 5 rings (SSSR count). The van der Waals surface area contributed by atoms with Crippen molar-refractivity contribution in [2.24, 2.45) is 5.92 Å². The van der Waals surface area contributed by atoms with Crippen LogP contribution in [0.15, 0.2) is 42.7 Å². The Morgan fingerprint density at radius 2 is 1.94 bits per heavy atom. The van der Waals surface area contributed by atoms with Crippen LogP contribution < -0.4 is 4.90 Å². The average Bonchev–Trinajstić information content (AvgIpc) is 3.20. The Labute approximate surface area is 182 Å². The lowest BCUT2D eigenvalue weighted by atomic mass is 9.96. The van der Waals surface area contributed by atoms with Crippen LogP contribution >= 0.6 is 0 Å². The number of carbonyl (C=O) groups is 1. The third kappa shape index (κ3) is 4.25. The van der Waals surface area contributed by atoms with E-state index in [2.05, 4.69) is 31.0 Å². The number of likely N-dealkylation sites (tertiary alicyclic amines) is 1. The van der Waals surface area contributed by atoms with Crippen LogP contribution in [0.1, 0.15) is 29.0 Å². The number of piperidine rings is 1. The average molecular weight is 420 g/mol. The van der Waals surface area contributed by atoms with Gasteiger partial charge in [-0.3, -0.25) is 14.1 Å². The first kappa shape index (κ1) is 19.9. The third-order valence-corrected chi connectivity index (χ3v) is 6.49. The smallest absolute Gasteiger partial charge is 0.255 e. The zero-order valence-corrected chi connectivity index (χ0v) is 18.0. The van der Waals surface area contributed by atoms with Crippen LogP contribution in [-0.2, 0) is 0 Å². The van der Waals surface area contributed by atoms with Crippen LogP contribution in [0.2, 0.25) is 0 Å². The summed E-state index contributed by atoms with van der Waals surface area (Å²) in [6, 6.07) is 9.83. The quantitative estimate of drug-likeness (QED) is 0.645. The molecule has 31 heavy (non-hydrogen) atoms. The predicted molar refractivity (Wildman–Crippen MR) is 119 cm³/mol. The first-order chi connectivity index (χ1) is 15.2. The highest BCUT2D eigenvalue weighted by Gasteiger charge is 2.27. The molecule has 0 unspecified atom stereocenters. The van der Waals surface area contributed by atoms with E-state index in [1.165, 1.54) is 6.42 Å². The molecular formula is C23H29N7O. The van der Waals surface area contributed by atoms with Gasteiger partial charge in [-0.05, 0) is 49.9 Å². The molecule has 1 amide bonds. The Balaban J connectivity index is 1.18. The van der Waals surface area contributed by atoms with Crippen molar-refractivity contribution in [3.63, 3.8) is 0 Å². The highest BCUT2D eigenvalue weighted by atomic mass is 16.2. The highest BCUT2D eigenvalue weighted by molar-refractivity contribution is 5.94. The summed E-state index contributed by atoms with van der Waals surface area (Å²) in [5, 5.41) is 8.19. The van der Waals surface area contributed by atoms with Gasteiger partial charge in [-0.1, -0.05) is 6.07 Å². The van der Waals surface area contributed by atoms with Crippen molar-refractivity contribution in [3.05, 3.63) is 54.1 Å². The van der Waals surface area contributed by atoms with Gasteiger partial charge in [0, 0.05) is 58.2 Å². The van der Waals surface area contributed by atoms with E-state index in [4.69, 9.17) is 0 Å². The molecule has 162 valence electrons. The van der Waals surface area contributed by atoms with Crippen LogP contribution in [-0.4, -0.2) is 81.1 Å². The molecule has 2 aliphatic rings. The maximum absolute atomic E-state index is 13.2. The van der Waals surface area contributed by atoms with Crippen LogP contribution in [0.25, 0.3) is 5.65 Å². The minimum Gasteiger partial charge on any atom is -0.354 e. The van der Waals surface area contributed by atoms with E-state index in [1.54, 1.807) is 0 Å². The highest BCUT2D eigenvalue weighted by Crippen LogP contribution is 2.21. The molecule has 5 heterocycles. The first-order valence-corrected chi connectivity index (χ1v) is 11.2. The standard InChI is InChI=1S/C23H29N7O/c1-18-25-26-22-8-7-20(17-30(18)22)23(31)29-10-4-5-19(16-29)15-27-11-13-28(14-12-27)21-6-2-3-9-24-21/h2-3,6-9,17,19H,4-5,10-16H2,1H3/t19-/m1/s1. The zero-order valence-electron chi connectivity index (χ0n) is 18.0. The normalized spacial score (nSPS) is 20.4. The van der Waals surface area contributed by atoms with E-state index in [9.17, 15) is 4.79 Å². The van der Waals surface area contributed by atoms with E-state index >= 15 is 0 Å². The van der Waals surface area contributed by atoms with Gasteiger partial charge in [0.1, 0.15) is 11.6 Å². The van der Waals surface area contributed by atoms with Gasteiger partial charge in [-0.2, -0.15) is 0 Å². The van der Waals surface area contributed by atoms with Gasteiger partial charge in [-0.25, -0.2) is 4.98 Å². The van der Waals surface area contributed by atoms with Crippen LogP contribution in [0.5, 0.6) is 0 Å². The maximum Gasteiger partial charge on any atom is 0.255 e. The van der Waals surface area contributed by atoms with Crippen molar-refractivity contribution < 1.29 is 4.79 Å². The largest absolute Gasteiger partial charge is 0.354 e. The maximum atomic E-state index is 13.2. The van der Waals surface area contributed by atoms with Gasteiger partial charge >= 0.3 is 0 Å². The Kier molecular flexibility index (Phi) is 5.55. The van der Waals surface area contributed by atoms with Crippen LogP contribution in [0, 0.1) is 12.8 Å². The summed E-state index contributed by atoms with van der Waals surface area (Å²) < 4.78 is 1.88. The third-order valence-electron chi connectivity index (χ3n) is 6.49. The number of fused-ring (bicyclic) bond motifs is 1. The predicted octanol–water partition coefficient (Wildman–Crippen LogP) is 2.11. The minimum absolute atomic E-state index is 0.111. The number of aryl methyl sites for hydroxylation is 1. The number of pyridine rings is 2. The van der Waals surface area contributed by atoms with E-state index in [0.717, 1.165) is 69.5 Å². The fourth-order valence-electron chi connectivity index (χ4n) is 4.78. The molecule has 2 saturated heterocycles. The summed E-state index contributed by atoms with van der Waals surface area (Å²) in [5.74, 6) is 2.50. The van der Waals surface area contributed by atoms with Gasteiger partial charge < -0.3 is 9.80 Å². The van der Waals surface area contributed by atoms with Gasteiger partial charge in [0.2, 0.25) is 0 Å². The molecule has 0 radical (unpaired) electrons. The molecule has 0 N–H and O–H groups in total. The molecule has 0 aliphatic carbocycles. The lowest BCUT2D eigenvalue weighted by Crippen LogP contribution is -2.50. The molecule has 2 aliphatic heterocycles. The Morgan fingerprint density at radius 1 is 1.06 bits per heavy atom. The molecule has 0 spiro atoms. The number of hydrogen-bond acceptors (Lipinski definition) is 6. The molecule has 0 aromatic carbocycles. The summed E-state index contributed by atoms with van der Waals surface area (Å²) >= 11 is 0. The van der Waals surface area contributed by atoms with Gasteiger partial charge in [-0.15, -0.1) is 10.2 Å². The number of carbonyl (C=O) groups excluding carboxylic acids is 1. The molecular weight excluding hydrogens is 390 g/mol. The van der Waals surface area contributed by atoms with Gasteiger partial charge in [0.05, 0.1) is 5.56 Å². The van der Waals surface area contributed by atoms with Gasteiger partial charge in [0.25, 0.3) is 5.91 Å². The molecule has 8 heteroatoms. The molecule has 0 saturated carbocycles. The first-order valence-electron chi connectivity index (χ1n) is 11.2. The number of amides is 1.